The van der Waals surface area contributed by atoms with Crippen molar-refractivity contribution in [2.45, 2.75) is 36.2 Å². The van der Waals surface area contributed by atoms with Gasteiger partial charge in [0.25, 0.3) is 5.91 Å². The van der Waals surface area contributed by atoms with Gasteiger partial charge in [0.2, 0.25) is 5.82 Å². The van der Waals surface area contributed by atoms with Crippen molar-refractivity contribution in [2.24, 2.45) is 7.05 Å². The number of aromatic nitrogens is 4. The monoisotopic (exact) mass is 471 g/mol. The van der Waals surface area contributed by atoms with Crippen molar-refractivity contribution in [2.75, 3.05) is 5.75 Å². The van der Waals surface area contributed by atoms with Crippen LogP contribution in [0.25, 0.3) is 11.0 Å². The number of ketones is 1. The first-order valence-corrected chi connectivity index (χ1v) is 10.9. The Morgan fingerprint density at radius 1 is 1.32 bits per heavy atom. The lowest BCUT2D eigenvalue weighted by atomic mass is 10.3. The summed E-state index contributed by atoms with van der Waals surface area (Å²) in [5.74, 6) is -2.14. The van der Waals surface area contributed by atoms with Crippen LogP contribution >= 0.6 is 23.1 Å². The Labute approximate surface area is 181 Å². The number of aryl methyl sites for hydroxylation is 1. The van der Waals surface area contributed by atoms with Crippen LogP contribution in [0.4, 0.5) is 13.2 Å². The summed E-state index contributed by atoms with van der Waals surface area (Å²) in [5, 5.41) is 16.6. The molecule has 31 heavy (non-hydrogen) atoms. The summed E-state index contributed by atoms with van der Waals surface area (Å²) < 4.78 is 40.6. The number of Topliss-reactive ketones (excluding diaryl/α,β-unsaturated/α-hetero) is 1. The summed E-state index contributed by atoms with van der Waals surface area (Å²) in [6, 6.07) is 3.28. The fourth-order valence-electron chi connectivity index (χ4n) is 2.73. The zero-order chi connectivity index (χ0) is 22.4. The number of amides is 1. The molecule has 1 aliphatic carbocycles. The van der Waals surface area contributed by atoms with Crippen molar-refractivity contribution >= 4 is 45.8 Å². The molecule has 0 saturated heterocycles. The van der Waals surface area contributed by atoms with Crippen LogP contribution in [0, 0.1) is 0 Å². The minimum Gasteiger partial charge on any atom is -0.380 e. The molecule has 1 saturated carbocycles. The normalized spacial score (nSPS) is 15.3. The minimum absolute atomic E-state index is 0.0282. The van der Waals surface area contributed by atoms with Gasteiger partial charge < -0.3 is 10.4 Å². The van der Waals surface area contributed by atoms with Crippen molar-refractivity contribution in [3.8, 4) is 0 Å². The average Bonchev–Trinajstić information content (AvgIpc) is 3.12. The van der Waals surface area contributed by atoms with Crippen LogP contribution in [0.2, 0.25) is 0 Å². The highest BCUT2D eigenvalue weighted by molar-refractivity contribution is 8.00. The largest absolute Gasteiger partial charge is 0.451 e. The highest BCUT2D eigenvalue weighted by Gasteiger charge is 2.47. The number of thiophene rings is 1. The first-order valence-electron chi connectivity index (χ1n) is 9.09. The van der Waals surface area contributed by atoms with Gasteiger partial charge in [0, 0.05) is 18.1 Å². The third kappa shape index (κ3) is 4.72. The lowest BCUT2D eigenvalue weighted by Crippen LogP contribution is -2.35. The first-order chi connectivity index (χ1) is 14.5. The zero-order valence-electron chi connectivity index (χ0n) is 16.1. The van der Waals surface area contributed by atoms with Gasteiger partial charge >= 0.3 is 6.18 Å². The summed E-state index contributed by atoms with van der Waals surface area (Å²) in [6.45, 7) is 0.184. The number of alkyl halides is 3. The third-order valence-corrected chi connectivity index (χ3v) is 6.68. The first kappa shape index (κ1) is 21.7. The molecule has 4 rings (SSSR count). The van der Waals surface area contributed by atoms with E-state index < -0.39 is 23.5 Å². The molecule has 3 heterocycles. The minimum atomic E-state index is -4.73. The molecule has 0 aliphatic heterocycles. The molecular formula is C18H16F3N5O3S2. The van der Waals surface area contributed by atoms with E-state index in [2.05, 4.69) is 20.4 Å². The topological polar surface area (TPSA) is 110 Å². The molecule has 1 aliphatic rings. The van der Waals surface area contributed by atoms with E-state index in [0.29, 0.717) is 23.1 Å². The average molecular weight is 471 g/mol. The predicted octanol–water partition coefficient (Wildman–Crippen LogP) is 2.56. The second-order valence-corrected chi connectivity index (χ2v) is 9.21. The molecular weight excluding hydrogens is 455 g/mol. The van der Waals surface area contributed by atoms with Crippen LogP contribution < -0.4 is 5.32 Å². The smallest absolute Gasteiger partial charge is 0.380 e. The molecule has 0 bridgehead atoms. The fourth-order valence-corrected chi connectivity index (χ4v) is 4.58. The molecule has 1 amide bonds. The van der Waals surface area contributed by atoms with Crippen LogP contribution in [-0.2, 0) is 24.6 Å². The molecule has 164 valence electrons. The van der Waals surface area contributed by atoms with E-state index >= 15 is 0 Å². The summed E-state index contributed by atoms with van der Waals surface area (Å²) >= 11 is 2.06. The number of nitrogens with zero attached hydrogens (tertiary/aromatic N) is 4. The second kappa shape index (κ2) is 7.88. The van der Waals surface area contributed by atoms with Gasteiger partial charge in [-0.15, -0.1) is 11.3 Å². The molecule has 0 spiro atoms. The Hall–Kier alpha value is -2.51. The molecule has 1 fully saturated rings. The number of hydrogen-bond acceptors (Lipinski definition) is 8. The van der Waals surface area contributed by atoms with Crippen molar-refractivity contribution in [3.63, 3.8) is 0 Å². The standard InChI is InChI=1S/C18H16F3N5O3S2/c1-26-7-10-13(25-26)23-15(18(19,20)21)24-14(10)30-8-11(27)12-3-2-9(31-12)6-22-16(28)17(29)4-5-17/h2-3,7,29H,4-6,8H2,1H3,(H,22,28). The van der Waals surface area contributed by atoms with Gasteiger partial charge in [-0.2, -0.15) is 18.3 Å². The Balaban J connectivity index is 1.43. The van der Waals surface area contributed by atoms with Crippen LogP contribution in [0.5, 0.6) is 0 Å². The van der Waals surface area contributed by atoms with E-state index in [9.17, 15) is 27.9 Å². The summed E-state index contributed by atoms with van der Waals surface area (Å²) in [6.07, 6.45) is -2.35. The van der Waals surface area contributed by atoms with E-state index in [4.69, 9.17) is 0 Å². The van der Waals surface area contributed by atoms with E-state index in [1.165, 1.54) is 22.2 Å². The summed E-state index contributed by atoms with van der Waals surface area (Å²) in [7, 11) is 1.56. The lowest BCUT2D eigenvalue weighted by molar-refractivity contribution is -0.145. The molecule has 2 N–H and O–H groups in total. The molecule has 0 atom stereocenters. The molecule has 0 unspecified atom stereocenters. The molecule has 0 aromatic carbocycles. The maximum atomic E-state index is 13.1. The van der Waals surface area contributed by atoms with Crippen LogP contribution in [0.1, 0.15) is 33.2 Å². The number of fused-ring (bicyclic) bond motifs is 1. The van der Waals surface area contributed by atoms with E-state index in [0.717, 1.165) is 16.6 Å². The van der Waals surface area contributed by atoms with Crippen molar-refractivity contribution in [3.05, 3.63) is 33.9 Å². The highest BCUT2D eigenvalue weighted by atomic mass is 32.2. The fraction of sp³-hybridized carbons (Fsp3) is 0.389. The maximum absolute atomic E-state index is 13.1. The molecule has 8 nitrogen and oxygen atoms in total. The van der Waals surface area contributed by atoms with Gasteiger partial charge in [-0.3, -0.25) is 14.3 Å². The summed E-state index contributed by atoms with van der Waals surface area (Å²) in [5.41, 5.74) is -1.36. The van der Waals surface area contributed by atoms with E-state index in [-0.39, 0.29) is 28.8 Å². The highest BCUT2D eigenvalue weighted by Crippen LogP contribution is 2.35. The number of rotatable bonds is 7. The Morgan fingerprint density at radius 3 is 2.74 bits per heavy atom. The lowest BCUT2D eigenvalue weighted by Gasteiger charge is -2.07. The van der Waals surface area contributed by atoms with Crippen molar-refractivity contribution < 1.29 is 27.9 Å². The van der Waals surface area contributed by atoms with Gasteiger partial charge in [-0.25, -0.2) is 9.97 Å². The van der Waals surface area contributed by atoms with Crippen molar-refractivity contribution in [1.29, 1.82) is 0 Å². The van der Waals surface area contributed by atoms with Gasteiger partial charge in [-0.05, 0) is 25.0 Å². The van der Waals surface area contributed by atoms with Gasteiger partial charge in [0.05, 0.1) is 22.6 Å². The van der Waals surface area contributed by atoms with Gasteiger partial charge in [-0.1, -0.05) is 11.8 Å². The van der Waals surface area contributed by atoms with Crippen LogP contribution in [0.15, 0.2) is 23.4 Å². The molecule has 13 heteroatoms. The molecule has 3 aromatic heterocycles. The quantitative estimate of drug-likeness (QED) is 0.310. The maximum Gasteiger partial charge on any atom is 0.451 e. The summed E-state index contributed by atoms with van der Waals surface area (Å²) in [4.78, 5) is 32.5. The Kier molecular flexibility index (Phi) is 5.52. The van der Waals surface area contributed by atoms with E-state index in [1.807, 2.05) is 0 Å². The number of carbonyl (C=O) groups is 2. The number of thioether (sulfide) groups is 1. The third-order valence-electron chi connectivity index (χ3n) is 4.56. The van der Waals surface area contributed by atoms with Gasteiger partial charge in [0.1, 0.15) is 10.6 Å². The SMILES string of the molecule is Cn1cc2c(SCC(=O)c3ccc(CNC(=O)C4(O)CC4)s3)nc(C(F)(F)F)nc2n1. The number of halogens is 3. The molecule has 3 aromatic rings. The van der Waals surface area contributed by atoms with Crippen LogP contribution in [0.3, 0.4) is 0 Å². The van der Waals surface area contributed by atoms with Crippen molar-refractivity contribution in [1.82, 2.24) is 25.1 Å². The van der Waals surface area contributed by atoms with Gasteiger partial charge in [0.15, 0.2) is 11.4 Å². The molecule has 0 radical (unpaired) electrons. The van der Waals surface area contributed by atoms with E-state index in [1.54, 1.807) is 19.2 Å². The number of nitrogens with one attached hydrogen (secondary N) is 1. The van der Waals surface area contributed by atoms with Crippen LogP contribution in [-0.4, -0.2) is 47.9 Å². The Morgan fingerprint density at radius 2 is 2.06 bits per heavy atom. The number of aliphatic hydroxyl groups is 1. The predicted molar refractivity (Wildman–Crippen MR) is 107 cm³/mol. The zero-order valence-corrected chi connectivity index (χ0v) is 17.7. The Bertz CT molecular complexity index is 1170. The second-order valence-electron chi connectivity index (χ2n) is 7.08. The number of hydrogen-bond donors (Lipinski definition) is 2. The number of carbonyl (C=O) groups excluding carboxylic acids is 2.